The van der Waals surface area contributed by atoms with Gasteiger partial charge in [0.2, 0.25) is 0 Å². The Hall–Kier alpha value is -1.26. The number of hydrogen-bond donors (Lipinski definition) is 2. The highest BCUT2D eigenvalue weighted by atomic mass is 127. The van der Waals surface area contributed by atoms with Crippen LogP contribution >= 0.6 is 24.0 Å². The Balaban J connectivity index is 0.00000312. The molecule has 1 aliphatic heterocycles. The SMILES string of the molecule is COc1ccc(NC(N)=NCC(C)N2CCN(C)CC2)cc1OC.I. The molecule has 0 aromatic heterocycles. The average molecular weight is 463 g/mol. The van der Waals surface area contributed by atoms with Crippen molar-refractivity contribution in [3.8, 4) is 11.5 Å². The molecule has 1 atom stereocenters. The largest absolute Gasteiger partial charge is 0.493 e. The van der Waals surface area contributed by atoms with Gasteiger partial charge in [0.1, 0.15) is 0 Å². The third kappa shape index (κ3) is 6.52. The first-order valence-electron chi connectivity index (χ1n) is 8.25. The van der Waals surface area contributed by atoms with E-state index in [0.29, 0.717) is 30.0 Å². The van der Waals surface area contributed by atoms with Crippen molar-refractivity contribution in [1.82, 2.24) is 9.80 Å². The van der Waals surface area contributed by atoms with Crippen LogP contribution in [0.25, 0.3) is 0 Å². The van der Waals surface area contributed by atoms with Crippen molar-refractivity contribution in [3.05, 3.63) is 18.2 Å². The Morgan fingerprint density at radius 1 is 1.20 bits per heavy atom. The molecular weight excluding hydrogens is 433 g/mol. The van der Waals surface area contributed by atoms with Crippen molar-refractivity contribution in [2.75, 3.05) is 59.3 Å². The lowest BCUT2D eigenvalue weighted by Gasteiger charge is -2.35. The molecule has 0 radical (unpaired) electrons. The summed E-state index contributed by atoms with van der Waals surface area (Å²) >= 11 is 0. The zero-order chi connectivity index (χ0) is 17.5. The first-order chi connectivity index (χ1) is 11.5. The van der Waals surface area contributed by atoms with Crippen LogP contribution in [0.4, 0.5) is 5.69 Å². The summed E-state index contributed by atoms with van der Waals surface area (Å²) in [5.74, 6) is 1.74. The predicted molar refractivity (Wildman–Crippen MR) is 114 cm³/mol. The van der Waals surface area contributed by atoms with Gasteiger partial charge in [-0.2, -0.15) is 0 Å². The Labute approximate surface area is 167 Å². The molecule has 2 rings (SSSR count). The number of piperazine rings is 1. The standard InChI is InChI=1S/C17H29N5O2.HI/c1-13(22-9-7-21(2)8-10-22)12-19-17(18)20-14-5-6-15(23-3)16(11-14)24-4;/h5-6,11,13H,7-10,12H2,1-4H3,(H3,18,19,20);1H. The minimum absolute atomic E-state index is 0. The van der Waals surface area contributed by atoms with E-state index in [1.54, 1.807) is 14.2 Å². The Kier molecular flexibility index (Phi) is 9.30. The number of aliphatic imine (C=N–C) groups is 1. The molecule has 7 nitrogen and oxygen atoms in total. The third-order valence-corrected chi connectivity index (χ3v) is 4.34. The van der Waals surface area contributed by atoms with Gasteiger partial charge in [-0.3, -0.25) is 9.89 Å². The normalized spacial score (nSPS) is 17.5. The minimum atomic E-state index is 0. The van der Waals surface area contributed by atoms with Crippen molar-refractivity contribution in [3.63, 3.8) is 0 Å². The summed E-state index contributed by atoms with van der Waals surface area (Å²) in [5.41, 5.74) is 6.83. The van der Waals surface area contributed by atoms with Crippen molar-refractivity contribution >= 4 is 35.6 Å². The van der Waals surface area contributed by atoms with Gasteiger partial charge in [-0.1, -0.05) is 0 Å². The maximum absolute atomic E-state index is 6.01. The van der Waals surface area contributed by atoms with Crippen LogP contribution in [-0.2, 0) is 0 Å². The fourth-order valence-corrected chi connectivity index (χ4v) is 2.71. The summed E-state index contributed by atoms with van der Waals surface area (Å²) < 4.78 is 10.5. The number of rotatable bonds is 6. The fraction of sp³-hybridized carbons (Fsp3) is 0.588. The molecule has 1 aromatic carbocycles. The van der Waals surface area contributed by atoms with E-state index in [1.807, 2.05) is 18.2 Å². The van der Waals surface area contributed by atoms with E-state index in [-0.39, 0.29) is 24.0 Å². The van der Waals surface area contributed by atoms with Crippen molar-refractivity contribution < 1.29 is 9.47 Å². The van der Waals surface area contributed by atoms with Crippen LogP contribution in [0.1, 0.15) is 6.92 Å². The van der Waals surface area contributed by atoms with Gasteiger partial charge in [-0.15, -0.1) is 24.0 Å². The summed E-state index contributed by atoms with van der Waals surface area (Å²) in [6.07, 6.45) is 0. The molecule has 142 valence electrons. The second-order valence-electron chi connectivity index (χ2n) is 6.11. The van der Waals surface area contributed by atoms with Crippen LogP contribution < -0.4 is 20.5 Å². The lowest BCUT2D eigenvalue weighted by atomic mass is 10.2. The summed E-state index contributed by atoms with van der Waals surface area (Å²) in [5, 5.41) is 3.10. The maximum atomic E-state index is 6.01. The second-order valence-corrected chi connectivity index (χ2v) is 6.11. The summed E-state index contributed by atoms with van der Waals surface area (Å²) in [7, 11) is 5.38. The number of methoxy groups -OCH3 is 2. The molecule has 8 heteroatoms. The monoisotopic (exact) mass is 463 g/mol. The lowest BCUT2D eigenvalue weighted by molar-refractivity contribution is 0.122. The summed E-state index contributed by atoms with van der Waals surface area (Å²) in [4.78, 5) is 9.27. The molecule has 1 aromatic rings. The number of hydrogen-bond acceptors (Lipinski definition) is 5. The Morgan fingerprint density at radius 2 is 1.84 bits per heavy atom. The molecule has 0 saturated carbocycles. The van der Waals surface area contributed by atoms with Crippen LogP contribution in [0, 0.1) is 0 Å². The highest BCUT2D eigenvalue weighted by molar-refractivity contribution is 14.0. The third-order valence-electron chi connectivity index (χ3n) is 4.34. The zero-order valence-electron chi connectivity index (χ0n) is 15.5. The van der Waals surface area contributed by atoms with E-state index < -0.39 is 0 Å². The Morgan fingerprint density at radius 3 is 2.44 bits per heavy atom. The number of nitrogens with zero attached hydrogens (tertiary/aromatic N) is 3. The highest BCUT2D eigenvalue weighted by Gasteiger charge is 2.18. The van der Waals surface area contributed by atoms with Crippen LogP contribution in [0.3, 0.4) is 0 Å². The van der Waals surface area contributed by atoms with E-state index >= 15 is 0 Å². The van der Waals surface area contributed by atoms with E-state index in [1.165, 1.54) is 0 Å². The van der Waals surface area contributed by atoms with E-state index in [0.717, 1.165) is 31.9 Å². The number of guanidine groups is 1. The van der Waals surface area contributed by atoms with Gasteiger partial charge in [-0.05, 0) is 26.1 Å². The van der Waals surface area contributed by atoms with Crippen molar-refractivity contribution in [2.24, 2.45) is 10.7 Å². The van der Waals surface area contributed by atoms with Gasteiger partial charge < -0.3 is 25.4 Å². The van der Waals surface area contributed by atoms with E-state index in [4.69, 9.17) is 15.2 Å². The van der Waals surface area contributed by atoms with Gasteiger partial charge in [0.25, 0.3) is 0 Å². The number of nitrogens with two attached hydrogens (primary N) is 1. The minimum Gasteiger partial charge on any atom is -0.493 e. The molecule has 1 heterocycles. The van der Waals surface area contributed by atoms with Crippen LogP contribution in [0.5, 0.6) is 11.5 Å². The molecule has 1 unspecified atom stereocenters. The van der Waals surface area contributed by atoms with Gasteiger partial charge in [0.05, 0.1) is 20.8 Å². The number of benzene rings is 1. The van der Waals surface area contributed by atoms with Crippen LogP contribution in [0.15, 0.2) is 23.2 Å². The van der Waals surface area contributed by atoms with E-state index in [9.17, 15) is 0 Å². The van der Waals surface area contributed by atoms with Crippen molar-refractivity contribution in [1.29, 1.82) is 0 Å². The smallest absolute Gasteiger partial charge is 0.193 e. The van der Waals surface area contributed by atoms with E-state index in [2.05, 4.69) is 34.1 Å². The number of nitrogens with one attached hydrogen (secondary N) is 1. The van der Waals surface area contributed by atoms with Gasteiger partial charge in [0, 0.05) is 44.0 Å². The molecule has 0 aliphatic carbocycles. The molecule has 25 heavy (non-hydrogen) atoms. The molecule has 1 saturated heterocycles. The number of halogens is 1. The fourth-order valence-electron chi connectivity index (χ4n) is 2.71. The first kappa shape index (κ1) is 21.8. The quantitative estimate of drug-likeness (QED) is 0.380. The molecule has 0 bridgehead atoms. The number of anilines is 1. The zero-order valence-corrected chi connectivity index (χ0v) is 17.8. The maximum Gasteiger partial charge on any atom is 0.193 e. The summed E-state index contributed by atoms with van der Waals surface area (Å²) in [6, 6.07) is 5.93. The molecular formula is C17H30IN5O2. The number of likely N-dealkylation sites (N-methyl/N-ethyl adjacent to an activating group) is 1. The molecule has 0 spiro atoms. The molecule has 3 N–H and O–H groups in total. The van der Waals surface area contributed by atoms with Crippen LogP contribution in [0.2, 0.25) is 0 Å². The molecule has 1 aliphatic rings. The predicted octanol–water partition coefficient (Wildman–Crippen LogP) is 1.68. The van der Waals surface area contributed by atoms with Crippen LogP contribution in [-0.4, -0.2) is 75.8 Å². The molecule has 1 fully saturated rings. The topological polar surface area (TPSA) is 75.4 Å². The van der Waals surface area contributed by atoms with Gasteiger partial charge >= 0.3 is 0 Å². The average Bonchev–Trinajstić information content (AvgIpc) is 2.60. The Bertz CT molecular complexity index is 562. The van der Waals surface area contributed by atoms with Gasteiger partial charge in [0.15, 0.2) is 17.5 Å². The first-order valence-corrected chi connectivity index (χ1v) is 8.25. The highest BCUT2D eigenvalue weighted by Crippen LogP contribution is 2.29. The lowest BCUT2D eigenvalue weighted by Crippen LogP contribution is -2.49. The molecule has 0 amide bonds. The number of ether oxygens (including phenoxy) is 2. The van der Waals surface area contributed by atoms with Crippen molar-refractivity contribution in [2.45, 2.75) is 13.0 Å². The van der Waals surface area contributed by atoms with Gasteiger partial charge in [-0.25, -0.2) is 0 Å². The second kappa shape index (κ2) is 10.7. The summed E-state index contributed by atoms with van der Waals surface area (Å²) in [6.45, 7) is 7.24.